The second-order valence-corrected chi connectivity index (χ2v) is 6.20. The molecule has 0 unspecified atom stereocenters. The van der Waals surface area contributed by atoms with Crippen LogP contribution in [0.15, 0.2) is 23.6 Å². The topological polar surface area (TPSA) is 30.7 Å². The fraction of sp³-hybridized carbons (Fsp3) is 0.333. The zero-order valence-corrected chi connectivity index (χ0v) is 13.1. The Morgan fingerprint density at radius 1 is 1.25 bits per heavy atom. The summed E-state index contributed by atoms with van der Waals surface area (Å²) in [4.78, 5) is 9.28. The van der Waals surface area contributed by atoms with Gasteiger partial charge in [0.1, 0.15) is 10.8 Å². The molecule has 104 valence electrons. The molecule has 0 saturated heterocycles. The molecule has 0 amide bonds. The number of hydrogen-bond acceptors (Lipinski definition) is 3. The third-order valence-electron chi connectivity index (χ3n) is 3.33. The van der Waals surface area contributed by atoms with E-state index in [4.69, 9.17) is 16.6 Å². The monoisotopic (exact) mass is 305 g/mol. The molecule has 2 heterocycles. The molecular formula is C15H16ClN3S. The lowest BCUT2D eigenvalue weighted by atomic mass is 10.2. The summed E-state index contributed by atoms with van der Waals surface area (Å²) in [7, 11) is 0. The van der Waals surface area contributed by atoms with E-state index in [0.29, 0.717) is 5.88 Å². The van der Waals surface area contributed by atoms with Crippen molar-refractivity contribution in [1.29, 1.82) is 0 Å². The second kappa shape index (κ2) is 5.54. The Labute approximate surface area is 127 Å². The molecule has 3 rings (SSSR count). The van der Waals surface area contributed by atoms with Gasteiger partial charge in [-0.25, -0.2) is 9.97 Å². The lowest BCUT2D eigenvalue weighted by Crippen LogP contribution is -2.06. The van der Waals surface area contributed by atoms with E-state index in [2.05, 4.69) is 34.0 Å². The molecule has 0 aliphatic heterocycles. The van der Waals surface area contributed by atoms with Gasteiger partial charge in [-0.1, -0.05) is 12.1 Å². The van der Waals surface area contributed by atoms with E-state index in [9.17, 15) is 0 Å². The van der Waals surface area contributed by atoms with Crippen LogP contribution in [-0.2, 0) is 13.0 Å². The third-order valence-corrected chi connectivity index (χ3v) is 4.47. The predicted octanol–water partition coefficient (Wildman–Crippen LogP) is 3.94. The summed E-state index contributed by atoms with van der Waals surface area (Å²) in [5.41, 5.74) is 4.55. The van der Waals surface area contributed by atoms with Gasteiger partial charge in [0.2, 0.25) is 0 Å². The smallest absolute Gasteiger partial charge is 0.113 e. The average Bonchev–Trinajstić information content (AvgIpc) is 2.96. The fourth-order valence-corrected chi connectivity index (χ4v) is 3.40. The van der Waals surface area contributed by atoms with Gasteiger partial charge in [-0.15, -0.1) is 22.9 Å². The Balaban J connectivity index is 2.12. The molecule has 0 saturated carbocycles. The van der Waals surface area contributed by atoms with Gasteiger partial charge in [-0.3, -0.25) is 0 Å². The number of alkyl halides is 1. The minimum absolute atomic E-state index is 0.583. The highest BCUT2D eigenvalue weighted by molar-refractivity contribution is 7.09. The number of rotatable bonds is 4. The van der Waals surface area contributed by atoms with Crippen LogP contribution in [0.25, 0.3) is 11.0 Å². The lowest BCUT2D eigenvalue weighted by Gasteiger charge is -2.08. The normalized spacial score (nSPS) is 11.3. The Hall–Kier alpha value is -1.39. The number of fused-ring (bicyclic) bond motifs is 1. The summed E-state index contributed by atoms with van der Waals surface area (Å²) in [6.07, 6.45) is 0.778. The number of para-hydroxylation sites is 1. The van der Waals surface area contributed by atoms with E-state index in [1.165, 1.54) is 11.1 Å². The van der Waals surface area contributed by atoms with E-state index in [1.54, 1.807) is 11.3 Å². The Morgan fingerprint density at radius 2 is 2.10 bits per heavy atom. The molecule has 3 nitrogen and oxygen atoms in total. The van der Waals surface area contributed by atoms with Crippen LogP contribution < -0.4 is 0 Å². The summed E-state index contributed by atoms with van der Waals surface area (Å²) in [6, 6.07) is 6.23. The lowest BCUT2D eigenvalue weighted by molar-refractivity contribution is 0.747. The Morgan fingerprint density at radius 3 is 2.80 bits per heavy atom. The number of imidazole rings is 1. The van der Waals surface area contributed by atoms with Gasteiger partial charge in [-0.2, -0.15) is 0 Å². The van der Waals surface area contributed by atoms with Gasteiger partial charge < -0.3 is 4.57 Å². The molecule has 0 fully saturated rings. The van der Waals surface area contributed by atoms with Crippen LogP contribution >= 0.6 is 22.9 Å². The zero-order valence-electron chi connectivity index (χ0n) is 11.6. The SMILES string of the molecule is Cc1csc(Cn2c(CCCl)nc3cccc(C)c32)n1. The summed E-state index contributed by atoms with van der Waals surface area (Å²) >= 11 is 7.61. The van der Waals surface area contributed by atoms with Crippen molar-refractivity contribution in [2.75, 3.05) is 5.88 Å². The molecule has 0 N–H and O–H groups in total. The molecular weight excluding hydrogens is 290 g/mol. The fourth-order valence-electron chi connectivity index (χ4n) is 2.47. The first kappa shape index (κ1) is 13.6. The molecule has 20 heavy (non-hydrogen) atoms. The minimum atomic E-state index is 0.583. The van der Waals surface area contributed by atoms with Crippen molar-refractivity contribution >= 4 is 34.0 Å². The standard InChI is InChI=1S/C15H16ClN3S/c1-10-4-3-5-12-15(10)19(13(18-12)6-7-16)8-14-17-11(2)9-20-14/h3-5,9H,6-8H2,1-2H3. The highest BCUT2D eigenvalue weighted by Gasteiger charge is 2.13. The molecule has 1 aromatic carbocycles. The molecule has 0 spiro atoms. The van der Waals surface area contributed by atoms with Crippen molar-refractivity contribution in [3.63, 3.8) is 0 Å². The molecule has 3 aromatic rings. The van der Waals surface area contributed by atoms with Crippen LogP contribution in [0.5, 0.6) is 0 Å². The maximum atomic E-state index is 5.92. The van der Waals surface area contributed by atoms with Gasteiger partial charge >= 0.3 is 0 Å². The predicted molar refractivity (Wildman–Crippen MR) is 84.8 cm³/mol. The van der Waals surface area contributed by atoms with E-state index in [-0.39, 0.29) is 0 Å². The minimum Gasteiger partial charge on any atom is -0.321 e. The van der Waals surface area contributed by atoms with Gasteiger partial charge in [0.25, 0.3) is 0 Å². The van der Waals surface area contributed by atoms with E-state index in [0.717, 1.165) is 35.0 Å². The number of thiazole rings is 1. The summed E-state index contributed by atoms with van der Waals surface area (Å²) < 4.78 is 2.26. The van der Waals surface area contributed by atoms with Gasteiger partial charge in [0, 0.05) is 23.4 Å². The van der Waals surface area contributed by atoms with Crippen molar-refractivity contribution in [2.24, 2.45) is 0 Å². The van der Waals surface area contributed by atoms with E-state index in [1.807, 2.05) is 13.0 Å². The maximum Gasteiger partial charge on any atom is 0.113 e. The number of hydrogen-bond donors (Lipinski definition) is 0. The molecule has 0 aliphatic rings. The molecule has 0 aliphatic carbocycles. The van der Waals surface area contributed by atoms with Gasteiger partial charge in [-0.05, 0) is 25.5 Å². The molecule has 0 atom stereocenters. The van der Waals surface area contributed by atoms with Crippen molar-refractivity contribution < 1.29 is 0 Å². The van der Waals surface area contributed by atoms with Crippen LogP contribution in [0.4, 0.5) is 0 Å². The quantitative estimate of drug-likeness (QED) is 0.684. The summed E-state index contributed by atoms with van der Waals surface area (Å²) in [5.74, 6) is 1.62. The average molecular weight is 306 g/mol. The number of halogens is 1. The maximum absolute atomic E-state index is 5.92. The number of benzene rings is 1. The highest BCUT2D eigenvalue weighted by atomic mass is 35.5. The summed E-state index contributed by atoms with van der Waals surface area (Å²) in [6.45, 7) is 4.92. The third kappa shape index (κ3) is 2.45. The van der Waals surface area contributed by atoms with Crippen molar-refractivity contribution in [1.82, 2.24) is 14.5 Å². The molecule has 2 aromatic heterocycles. The van der Waals surface area contributed by atoms with Crippen LogP contribution in [-0.4, -0.2) is 20.4 Å². The molecule has 0 radical (unpaired) electrons. The van der Waals surface area contributed by atoms with Crippen molar-refractivity contribution in [3.05, 3.63) is 45.7 Å². The first-order chi connectivity index (χ1) is 9.69. The Bertz CT molecular complexity index is 745. The number of aryl methyl sites for hydroxylation is 3. The van der Waals surface area contributed by atoms with Crippen molar-refractivity contribution in [3.8, 4) is 0 Å². The molecule has 5 heteroatoms. The van der Waals surface area contributed by atoms with Crippen LogP contribution in [0, 0.1) is 13.8 Å². The number of aromatic nitrogens is 3. The van der Waals surface area contributed by atoms with Crippen LogP contribution in [0.1, 0.15) is 22.1 Å². The molecule has 0 bridgehead atoms. The summed E-state index contributed by atoms with van der Waals surface area (Å²) in [5, 5.41) is 3.20. The first-order valence-corrected chi connectivity index (χ1v) is 8.02. The zero-order chi connectivity index (χ0) is 14.1. The second-order valence-electron chi connectivity index (χ2n) is 4.88. The number of nitrogens with zero attached hydrogens (tertiary/aromatic N) is 3. The van der Waals surface area contributed by atoms with Gasteiger partial charge in [0.15, 0.2) is 0 Å². The van der Waals surface area contributed by atoms with Crippen LogP contribution in [0.3, 0.4) is 0 Å². The first-order valence-electron chi connectivity index (χ1n) is 6.60. The largest absolute Gasteiger partial charge is 0.321 e. The van der Waals surface area contributed by atoms with E-state index >= 15 is 0 Å². The van der Waals surface area contributed by atoms with Crippen LogP contribution in [0.2, 0.25) is 0 Å². The highest BCUT2D eigenvalue weighted by Crippen LogP contribution is 2.23. The van der Waals surface area contributed by atoms with Gasteiger partial charge in [0.05, 0.1) is 17.6 Å². The van der Waals surface area contributed by atoms with Crippen molar-refractivity contribution in [2.45, 2.75) is 26.8 Å². The van der Waals surface area contributed by atoms with E-state index < -0.39 is 0 Å². The Kier molecular flexibility index (Phi) is 3.76.